The molecule has 1 aromatic rings. The van der Waals surface area contributed by atoms with Gasteiger partial charge in [0.15, 0.2) is 0 Å². The summed E-state index contributed by atoms with van der Waals surface area (Å²) in [4.78, 5) is 18.4. The maximum atomic E-state index is 12.2. The van der Waals surface area contributed by atoms with Gasteiger partial charge < -0.3 is 4.90 Å². The summed E-state index contributed by atoms with van der Waals surface area (Å²) in [6.07, 6.45) is 5.82. The molecule has 0 radical (unpaired) electrons. The van der Waals surface area contributed by atoms with Gasteiger partial charge in [0, 0.05) is 31.5 Å². The van der Waals surface area contributed by atoms with E-state index in [1.54, 1.807) is 0 Å². The first kappa shape index (κ1) is 10.5. The lowest BCUT2D eigenvalue weighted by atomic mass is 10.2. The molecule has 0 spiro atoms. The highest BCUT2D eigenvalue weighted by Gasteiger charge is 2.28. The Morgan fingerprint density at radius 3 is 3.06 bits per heavy atom. The predicted octanol–water partition coefficient (Wildman–Crippen LogP) is 0.760. The molecule has 0 saturated carbocycles. The van der Waals surface area contributed by atoms with Gasteiger partial charge in [0.1, 0.15) is 6.04 Å². The number of pyridine rings is 1. The second-order valence-corrected chi connectivity index (χ2v) is 4.60. The lowest BCUT2D eigenvalue weighted by Gasteiger charge is -2.19. The average molecular weight is 229 g/mol. The number of amides is 1. The molecule has 4 heteroatoms. The van der Waals surface area contributed by atoms with Gasteiger partial charge in [-0.2, -0.15) is 0 Å². The van der Waals surface area contributed by atoms with Crippen LogP contribution in [0.2, 0.25) is 0 Å². The summed E-state index contributed by atoms with van der Waals surface area (Å²) in [5.41, 5.74) is 3.41. The van der Waals surface area contributed by atoms with Gasteiger partial charge in [-0.3, -0.25) is 15.1 Å². The molecular weight excluding hydrogens is 214 g/mol. The quantitative estimate of drug-likeness (QED) is 0.723. The summed E-state index contributed by atoms with van der Waals surface area (Å²) in [6.45, 7) is 4.17. The zero-order valence-electron chi connectivity index (χ0n) is 9.81. The summed E-state index contributed by atoms with van der Waals surface area (Å²) in [5, 5.41) is 3.15. The molecule has 0 fully saturated rings. The van der Waals surface area contributed by atoms with Crippen molar-refractivity contribution < 1.29 is 4.79 Å². The van der Waals surface area contributed by atoms with Crippen molar-refractivity contribution in [3.8, 4) is 0 Å². The van der Waals surface area contributed by atoms with E-state index in [9.17, 15) is 4.79 Å². The Bertz CT molecular complexity index is 495. The van der Waals surface area contributed by atoms with Gasteiger partial charge in [-0.1, -0.05) is 12.2 Å². The Morgan fingerprint density at radius 2 is 2.29 bits per heavy atom. The molecule has 3 heterocycles. The van der Waals surface area contributed by atoms with E-state index in [1.807, 2.05) is 30.2 Å². The van der Waals surface area contributed by atoms with Crippen LogP contribution in [0.5, 0.6) is 0 Å². The van der Waals surface area contributed by atoms with Crippen molar-refractivity contribution in [3.63, 3.8) is 0 Å². The number of hydrogen-bond donors (Lipinski definition) is 1. The average Bonchev–Trinajstić information content (AvgIpc) is 2.96. The summed E-state index contributed by atoms with van der Waals surface area (Å²) in [7, 11) is 0. The fraction of sp³-hybridized carbons (Fsp3) is 0.385. The molecule has 1 unspecified atom stereocenters. The van der Waals surface area contributed by atoms with E-state index in [-0.39, 0.29) is 11.9 Å². The Morgan fingerprint density at radius 1 is 1.47 bits per heavy atom. The third-order valence-corrected chi connectivity index (χ3v) is 3.30. The van der Waals surface area contributed by atoms with Crippen LogP contribution in [0.15, 0.2) is 24.4 Å². The zero-order chi connectivity index (χ0) is 11.8. The first-order chi connectivity index (χ1) is 8.24. The molecular formula is C13H15N3O. The summed E-state index contributed by atoms with van der Waals surface area (Å²) in [5.74, 6) is 0.160. The lowest BCUT2D eigenvalue weighted by Crippen LogP contribution is -2.41. The fourth-order valence-electron chi connectivity index (χ4n) is 2.39. The van der Waals surface area contributed by atoms with Gasteiger partial charge in [-0.25, -0.2) is 0 Å². The van der Waals surface area contributed by atoms with Crippen LogP contribution in [0.4, 0.5) is 0 Å². The fourth-order valence-corrected chi connectivity index (χ4v) is 2.39. The molecule has 2 aliphatic rings. The number of fused-ring (bicyclic) bond motifs is 1. The number of aryl methyl sites for hydroxylation is 1. The van der Waals surface area contributed by atoms with Crippen molar-refractivity contribution in [2.24, 2.45) is 0 Å². The van der Waals surface area contributed by atoms with Crippen molar-refractivity contribution >= 4 is 5.91 Å². The van der Waals surface area contributed by atoms with Gasteiger partial charge in [0.05, 0.1) is 0 Å². The molecule has 1 amide bonds. The number of aromatic nitrogens is 1. The Labute approximate surface area is 100 Å². The Balaban J connectivity index is 1.77. The van der Waals surface area contributed by atoms with Crippen LogP contribution in [0.3, 0.4) is 0 Å². The van der Waals surface area contributed by atoms with Gasteiger partial charge in [-0.15, -0.1) is 0 Å². The van der Waals surface area contributed by atoms with Crippen LogP contribution >= 0.6 is 0 Å². The maximum Gasteiger partial charge on any atom is 0.244 e. The van der Waals surface area contributed by atoms with Gasteiger partial charge in [0.25, 0.3) is 0 Å². The smallest absolute Gasteiger partial charge is 0.244 e. The normalized spacial score (nSPS) is 21.9. The zero-order valence-corrected chi connectivity index (χ0v) is 9.81. The standard InChI is InChI=1S/C13H15N3O/c1-9-5-10-7-16(8-11(10)6-15-9)13(17)12-3-2-4-14-12/h2-3,5-6,12,14H,4,7-8H2,1H3. The summed E-state index contributed by atoms with van der Waals surface area (Å²) in [6, 6.07) is 1.93. The second kappa shape index (κ2) is 3.96. The molecule has 4 nitrogen and oxygen atoms in total. The molecule has 0 saturated heterocycles. The molecule has 3 rings (SSSR count). The highest BCUT2D eigenvalue weighted by atomic mass is 16.2. The van der Waals surface area contributed by atoms with Crippen LogP contribution in [-0.2, 0) is 17.9 Å². The number of carbonyl (C=O) groups excluding carboxylic acids is 1. The Hall–Kier alpha value is -1.68. The molecule has 0 aliphatic carbocycles. The number of nitrogens with one attached hydrogen (secondary N) is 1. The van der Waals surface area contributed by atoms with Gasteiger partial charge >= 0.3 is 0 Å². The monoisotopic (exact) mass is 229 g/mol. The number of hydrogen-bond acceptors (Lipinski definition) is 3. The van der Waals surface area contributed by atoms with E-state index in [1.165, 1.54) is 11.1 Å². The molecule has 0 bridgehead atoms. The largest absolute Gasteiger partial charge is 0.332 e. The highest BCUT2D eigenvalue weighted by Crippen LogP contribution is 2.23. The van der Waals surface area contributed by atoms with E-state index in [2.05, 4.69) is 16.4 Å². The third kappa shape index (κ3) is 1.85. The summed E-state index contributed by atoms with van der Waals surface area (Å²) >= 11 is 0. The van der Waals surface area contributed by atoms with Gasteiger partial charge in [-0.05, 0) is 24.1 Å². The predicted molar refractivity (Wildman–Crippen MR) is 64.2 cm³/mol. The minimum absolute atomic E-state index is 0.140. The van der Waals surface area contributed by atoms with Gasteiger partial charge in [0.2, 0.25) is 5.91 Å². The number of nitrogens with zero attached hydrogens (tertiary/aromatic N) is 2. The van der Waals surface area contributed by atoms with E-state index >= 15 is 0 Å². The molecule has 0 aromatic carbocycles. The maximum absolute atomic E-state index is 12.2. The molecule has 2 aliphatic heterocycles. The molecule has 1 aromatic heterocycles. The third-order valence-electron chi connectivity index (χ3n) is 3.30. The van der Waals surface area contributed by atoms with E-state index in [4.69, 9.17) is 0 Å². The highest BCUT2D eigenvalue weighted by molar-refractivity contribution is 5.84. The van der Waals surface area contributed by atoms with Crippen molar-refractivity contribution in [2.45, 2.75) is 26.1 Å². The van der Waals surface area contributed by atoms with Crippen molar-refractivity contribution in [3.05, 3.63) is 41.2 Å². The minimum Gasteiger partial charge on any atom is -0.332 e. The van der Waals surface area contributed by atoms with Crippen LogP contribution < -0.4 is 5.32 Å². The summed E-state index contributed by atoms with van der Waals surface area (Å²) < 4.78 is 0. The van der Waals surface area contributed by atoms with Crippen LogP contribution in [0.25, 0.3) is 0 Å². The lowest BCUT2D eigenvalue weighted by molar-refractivity contribution is -0.132. The van der Waals surface area contributed by atoms with Crippen LogP contribution in [-0.4, -0.2) is 28.4 Å². The van der Waals surface area contributed by atoms with Crippen molar-refractivity contribution in [2.75, 3.05) is 6.54 Å². The SMILES string of the molecule is Cc1cc2c(cn1)CN(C(=O)C1C=CCN1)C2. The first-order valence-electron chi connectivity index (χ1n) is 5.87. The van der Waals surface area contributed by atoms with Crippen molar-refractivity contribution in [1.82, 2.24) is 15.2 Å². The second-order valence-electron chi connectivity index (χ2n) is 4.60. The molecule has 88 valence electrons. The van der Waals surface area contributed by atoms with E-state index in [0.29, 0.717) is 13.1 Å². The molecule has 1 atom stereocenters. The van der Waals surface area contributed by atoms with Crippen molar-refractivity contribution in [1.29, 1.82) is 0 Å². The van der Waals surface area contributed by atoms with Crippen LogP contribution in [0, 0.1) is 6.92 Å². The Kier molecular flexibility index (Phi) is 2.44. The minimum atomic E-state index is -0.140. The first-order valence-corrected chi connectivity index (χ1v) is 5.87. The van der Waals surface area contributed by atoms with E-state index in [0.717, 1.165) is 12.2 Å². The molecule has 1 N–H and O–H groups in total. The number of carbonyl (C=O) groups is 1. The topological polar surface area (TPSA) is 45.2 Å². The molecule has 17 heavy (non-hydrogen) atoms. The van der Waals surface area contributed by atoms with E-state index < -0.39 is 0 Å². The van der Waals surface area contributed by atoms with Crippen LogP contribution in [0.1, 0.15) is 16.8 Å². The number of rotatable bonds is 1.